The zero-order valence-electron chi connectivity index (χ0n) is 11.3. The Morgan fingerprint density at radius 1 is 1.45 bits per heavy atom. The van der Waals surface area contributed by atoms with E-state index in [9.17, 15) is 9.59 Å². The number of amides is 2. The van der Waals surface area contributed by atoms with E-state index in [1.807, 2.05) is 6.92 Å². The fourth-order valence-corrected chi connectivity index (χ4v) is 1.75. The minimum absolute atomic E-state index is 0.0578. The maximum Gasteiger partial charge on any atom is 0.337 e. The van der Waals surface area contributed by atoms with Gasteiger partial charge in [-0.15, -0.1) is 0 Å². The summed E-state index contributed by atoms with van der Waals surface area (Å²) in [7, 11) is 1.59. The molecule has 3 N–H and O–H groups in total. The number of hydrogen-bond donors (Lipinski definition) is 3. The van der Waals surface area contributed by atoms with Gasteiger partial charge in [-0.05, 0) is 24.1 Å². The fourth-order valence-electron chi connectivity index (χ4n) is 1.58. The Morgan fingerprint density at radius 3 is 2.75 bits per heavy atom. The Labute approximate surface area is 122 Å². The molecule has 1 aromatic rings. The van der Waals surface area contributed by atoms with Gasteiger partial charge in [0.05, 0.1) is 17.9 Å². The second-order valence-corrected chi connectivity index (χ2v) is 4.83. The minimum atomic E-state index is -1.16. The van der Waals surface area contributed by atoms with E-state index in [4.69, 9.17) is 21.4 Å². The number of methoxy groups -OCH3 is 1. The van der Waals surface area contributed by atoms with E-state index in [0.29, 0.717) is 18.2 Å². The number of halogens is 1. The van der Waals surface area contributed by atoms with Crippen LogP contribution in [0, 0.1) is 5.92 Å². The van der Waals surface area contributed by atoms with Gasteiger partial charge in [-0.1, -0.05) is 18.5 Å². The van der Waals surface area contributed by atoms with Gasteiger partial charge in [0.1, 0.15) is 0 Å². The monoisotopic (exact) mass is 300 g/mol. The van der Waals surface area contributed by atoms with Crippen LogP contribution in [0.15, 0.2) is 18.2 Å². The highest BCUT2D eigenvalue weighted by atomic mass is 35.5. The highest BCUT2D eigenvalue weighted by molar-refractivity contribution is 6.31. The molecular formula is C13H17ClN2O4. The number of rotatable bonds is 6. The standard InChI is InChI=1S/C13H17ClN2O4/c1-8(7-20-2)6-15-13(19)16-11-4-3-9(14)5-10(11)12(17)18/h3-5,8H,6-7H2,1-2H3,(H,17,18)(H2,15,16,19). The Hall–Kier alpha value is -1.79. The highest BCUT2D eigenvalue weighted by Gasteiger charge is 2.13. The summed E-state index contributed by atoms with van der Waals surface area (Å²) in [5.74, 6) is -0.995. The van der Waals surface area contributed by atoms with Crippen LogP contribution in [0.3, 0.4) is 0 Å². The van der Waals surface area contributed by atoms with Crippen molar-refractivity contribution in [3.8, 4) is 0 Å². The van der Waals surface area contributed by atoms with Crippen LogP contribution in [0.4, 0.5) is 10.5 Å². The summed E-state index contributed by atoms with van der Waals surface area (Å²) in [6.45, 7) is 2.88. The van der Waals surface area contributed by atoms with Crippen LogP contribution in [0.5, 0.6) is 0 Å². The maximum absolute atomic E-state index is 11.7. The zero-order valence-corrected chi connectivity index (χ0v) is 12.0. The van der Waals surface area contributed by atoms with E-state index in [-0.39, 0.29) is 17.2 Å². The van der Waals surface area contributed by atoms with Crippen LogP contribution >= 0.6 is 11.6 Å². The molecule has 0 radical (unpaired) electrons. The van der Waals surface area contributed by atoms with Crippen LogP contribution in [0.25, 0.3) is 0 Å². The largest absolute Gasteiger partial charge is 0.478 e. The summed E-state index contributed by atoms with van der Waals surface area (Å²) in [6, 6.07) is 3.77. The summed E-state index contributed by atoms with van der Waals surface area (Å²) >= 11 is 5.73. The van der Waals surface area contributed by atoms with E-state index in [1.54, 1.807) is 7.11 Å². The maximum atomic E-state index is 11.7. The average molecular weight is 301 g/mol. The topological polar surface area (TPSA) is 87.7 Å². The fraction of sp³-hybridized carbons (Fsp3) is 0.385. The Kier molecular flexibility index (Phi) is 6.27. The molecule has 1 rings (SSSR count). The zero-order chi connectivity index (χ0) is 15.1. The van der Waals surface area contributed by atoms with Gasteiger partial charge in [0, 0.05) is 18.7 Å². The number of anilines is 1. The lowest BCUT2D eigenvalue weighted by Crippen LogP contribution is -2.33. The van der Waals surface area contributed by atoms with E-state index in [0.717, 1.165) is 0 Å². The van der Waals surface area contributed by atoms with Gasteiger partial charge in [-0.3, -0.25) is 0 Å². The lowest BCUT2D eigenvalue weighted by molar-refractivity contribution is 0.0698. The third kappa shape index (κ3) is 5.07. The number of aromatic carboxylic acids is 1. The normalized spacial score (nSPS) is 11.8. The predicted molar refractivity (Wildman–Crippen MR) is 76.5 cm³/mol. The van der Waals surface area contributed by atoms with E-state index in [2.05, 4.69) is 10.6 Å². The van der Waals surface area contributed by atoms with Crippen molar-refractivity contribution in [2.45, 2.75) is 6.92 Å². The second-order valence-electron chi connectivity index (χ2n) is 4.39. The number of hydrogen-bond acceptors (Lipinski definition) is 3. The number of nitrogens with one attached hydrogen (secondary N) is 2. The number of urea groups is 1. The summed E-state index contributed by atoms with van der Waals surface area (Å²) in [4.78, 5) is 22.8. The molecular weight excluding hydrogens is 284 g/mol. The number of carbonyl (C=O) groups excluding carboxylic acids is 1. The molecule has 1 unspecified atom stereocenters. The van der Waals surface area contributed by atoms with Crippen molar-refractivity contribution in [2.24, 2.45) is 5.92 Å². The molecule has 20 heavy (non-hydrogen) atoms. The van der Waals surface area contributed by atoms with Crippen molar-refractivity contribution in [1.82, 2.24) is 5.32 Å². The summed E-state index contributed by atoms with van der Waals surface area (Å²) in [6.07, 6.45) is 0. The van der Waals surface area contributed by atoms with Crippen molar-refractivity contribution < 1.29 is 19.4 Å². The molecule has 1 aromatic carbocycles. The van der Waals surface area contributed by atoms with Crippen LogP contribution in [0.1, 0.15) is 17.3 Å². The highest BCUT2D eigenvalue weighted by Crippen LogP contribution is 2.20. The average Bonchev–Trinajstić information content (AvgIpc) is 2.38. The van der Waals surface area contributed by atoms with Crippen LogP contribution < -0.4 is 10.6 Å². The Morgan fingerprint density at radius 2 is 2.15 bits per heavy atom. The molecule has 0 saturated carbocycles. The number of ether oxygens (including phenoxy) is 1. The van der Waals surface area contributed by atoms with Crippen molar-refractivity contribution in [3.63, 3.8) is 0 Å². The van der Waals surface area contributed by atoms with Gasteiger partial charge >= 0.3 is 12.0 Å². The van der Waals surface area contributed by atoms with Crippen LogP contribution in [-0.2, 0) is 4.74 Å². The van der Waals surface area contributed by atoms with Crippen LogP contribution in [-0.4, -0.2) is 37.4 Å². The molecule has 0 fully saturated rings. The van der Waals surface area contributed by atoms with Crippen LogP contribution in [0.2, 0.25) is 5.02 Å². The first kappa shape index (κ1) is 16.3. The number of carbonyl (C=O) groups is 2. The molecule has 0 bridgehead atoms. The van der Waals surface area contributed by atoms with Gasteiger partial charge in [0.25, 0.3) is 0 Å². The lowest BCUT2D eigenvalue weighted by Gasteiger charge is -2.13. The SMILES string of the molecule is COCC(C)CNC(=O)Nc1ccc(Cl)cc1C(=O)O. The van der Waals surface area contributed by atoms with Gasteiger partial charge in [0.15, 0.2) is 0 Å². The molecule has 0 aliphatic carbocycles. The molecule has 0 spiro atoms. The van der Waals surface area contributed by atoms with Gasteiger partial charge in [-0.25, -0.2) is 9.59 Å². The van der Waals surface area contributed by atoms with E-state index >= 15 is 0 Å². The number of benzene rings is 1. The number of carboxylic acids is 1. The molecule has 6 nitrogen and oxygen atoms in total. The molecule has 0 aromatic heterocycles. The molecule has 7 heteroatoms. The number of carboxylic acid groups (broad SMARTS) is 1. The summed E-state index contributed by atoms with van der Waals surface area (Å²) in [5.41, 5.74) is 0.136. The first-order valence-corrected chi connectivity index (χ1v) is 6.38. The molecule has 0 saturated heterocycles. The summed E-state index contributed by atoms with van der Waals surface area (Å²) < 4.78 is 4.95. The van der Waals surface area contributed by atoms with Gasteiger partial charge < -0.3 is 20.5 Å². The Balaban J connectivity index is 2.64. The van der Waals surface area contributed by atoms with Crippen molar-refractivity contribution in [2.75, 3.05) is 25.6 Å². The molecule has 0 aliphatic heterocycles. The molecule has 0 aliphatic rings. The molecule has 0 heterocycles. The second kappa shape index (κ2) is 7.72. The van der Waals surface area contributed by atoms with E-state index in [1.165, 1.54) is 18.2 Å². The third-order valence-corrected chi connectivity index (χ3v) is 2.76. The first-order valence-electron chi connectivity index (χ1n) is 6.00. The molecule has 1 atom stereocenters. The minimum Gasteiger partial charge on any atom is -0.478 e. The van der Waals surface area contributed by atoms with Crippen molar-refractivity contribution in [1.29, 1.82) is 0 Å². The van der Waals surface area contributed by atoms with Crippen molar-refractivity contribution in [3.05, 3.63) is 28.8 Å². The van der Waals surface area contributed by atoms with E-state index < -0.39 is 12.0 Å². The van der Waals surface area contributed by atoms with Gasteiger partial charge in [-0.2, -0.15) is 0 Å². The lowest BCUT2D eigenvalue weighted by atomic mass is 10.2. The quantitative estimate of drug-likeness (QED) is 0.753. The Bertz CT molecular complexity index is 493. The molecule has 110 valence electrons. The smallest absolute Gasteiger partial charge is 0.337 e. The third-order valence-electron chi connectivity index (χ3n) is 2.52. The first-order chi connectivity index (χ1) is 9.43. The van der Waals surface area contributed by atoms with Gasteiger partial charge in [0.2, 0.25) is 0 Å². The summed E-state index contributed by atoms with van der Waals surface area (Å²) in [5, 5.41) is 14.5. The van der Waals surface area contributed by atoms with Crippen molar-refractivity contribution >= 4 is 29.3 Å². The predicted octanol–water partition coefficient (Wildman–Crippen LogP) is 2.44. The molecule has 2 amide bonds.